The lowest BCUT2D eigenvalue weighted by Gasteiger charge is -2.09. The van der Waals surface area contributed by atoms with Crippen LogP contribution in [-0.2, 0) is 0 Å². The highest BCUT2D eigenvalue weighted by Gasteiger charge is 2.12. The van der Waals surface area contributed by atoms with Crippen LogP contribution < -0.4 is 5.32 Å². The molecular formula is C10H14N2O3. The van der Waals surface area contributed by atoms with Crippen LogP contribution in [0, 0.1) is 0 Å². The van der Waals surface area contributed by atoms with E-state index in [2.05, 4.69) is 10.3 Å². The second kappa shape index (κ2) is 5.31. The molecule has 0 spiro atoms. The molecule has 15 heavy (non-hydrogen) atoms. The highest BCUT2D eigenvalue weighted by Crippen LogP contribution is 2.11. The lowest BCUT2D eigenvalue weighted by atomic mass is 10.2. The summed E-state index contributed by atoms with van der Waals surface area (Å²) < 4.78 is 0. The Bertz CT molecular complexity index is 341. The molecule has 5 heteroatoms. The number of nitrogens with zero attached hydrogens (tertiary/aromatic N) is 1. The Kier molecular flexibility index (Phi) is 4.05. The molecular weight excluding hydrogens is 196 g/mol. The van der Waals surface area contributed by atoms with Crippen LogP contribution in [0.4, 0.5) is 0 Å². The van der Waals surface area contributed by atoms with Crippen molar-refractivity contribution in [2.75, 3.05) is 6.54 Å². The molecule has 0 saturated carbocycles. The molecule has 0 aliphatic rings. The normalized spacial score (nSPS) is 12.1. The van der Waals surface area contributed by atoms with Gasteiger partial charge in [-0.05, 0) is 18.6 Å². The summed E-state index contributed by atoms with van der Waals surface area (Å²) in [7, 11) is 0. The smallest absolute Gasteiger partial charge is 0.273 e. The summed E-state index contributed by atoms with van der Waals surface area (Å²) in [5.74, 6) is -0.651. The minimum absolute atomic E-state index is 0.0270. The van der Waals surface area contributed by atoms with E-state index in [1.165, 1.54) is 18.3 Å². The molecule has 5 nitrogen and oxygen atoms in total. The highest BCUT2D eigenvalue weighted by molar-refractivity contribution is 5.94. The SMILES string of the molecule is CCC(O)CNC(=O)c1ncccc1O. The lowest BCUT2D eigenvalue weighted by molar-refractivity contribution is 0.0906. The van der Waals surface area contributed by atoms with E-state index in [-0.39, 0.29) is 18.0 Å². The molecule has 1 aromatic rings. The molecule has 1 atom stereocenters. The number of hydrogen-bond acceptors (Lipinski definition) is 4. The van der Waals surface area contributed by atoms with Crippen molar-refractivity contribution in [2.24, 2.45) is 0 Å². The number of hydrogen-bond donors (Lipinski definition) is 3. The number of aromatic nitrogens is 1. The van der Waals surface area contributed by atoms with Gasteiger partial charge >= 0.3 is 0 Å². The third kappa shape index (κ3) is 3.21. The largest absolute Gasteiger partial charge is 0.505 e. The van der Waals surface area contributed by atoms with Gasteiger partial charge in [0.05, 0.1) is 6.10 Å². The summed E-state index contributed by atoms with van der Waals surface area (Å²) in [5, 5.41) is 21.0. The van der Waals surface area contributed by atoms with E-state index in [9.17, 15) is 15.0 Å². The van der Waals surface area contributed by atoms with Gasteiger partial charge in [0.2, 0.25) is 0 Å². The van der Waals surface area contributed by atoms with E-state index in [1.807, 2.05) is 6.92 Å². The quantitative estimate of drug-likeness (QED) is 0.667. The molecule has 0 fully saturated rings. The molecule has 0 aliphatic heterocycles. The fraction of sp³-hybridized carbons (Fsp3) is 0.400. The predicted molar refractivity (Wildman–Crippen MR) is 54.5 cm³/mol. The van der Waals surface area contributed by atoms with Crippen LogP contribution in [0.25, 0.3) is 0 Å². The molecule has 1 heterocycles. The number of aliphatic hydroxyl groups excluding tert-OH is 1. The first-order chi connectivity index (χ1) is 7.15. The molecule has 1 aromatic heterocycles. The van der Waals surface area contributed by atoms with Gasteiger partial charge < -0.3 is 15.5 Å². The van der Waals surface area contributed by atoms with Crippen molar-refractivity contribution in [2.45, 2.75) is 19.4 Å². The van der Waals surface area contributed by atoms with E-state index < -0.39 is 12.0 Å². The first kappa shape index (κ1) is 11.5. The minimum atomic E-state index is -0.570. The van der Waals surface area contributed by atoms with Crippen LogP contribution in [0.1, 0.15) is 23.8 Å². The van der Waals surface area contributed by atoms with Gasteiger partial charge in [0.1, 0.15) is 5.75 Å². The fourth-order valence-corrected chi connectivity index (χ4v) is 1.01. The van der Waals surface area contributed by atoms with Crippen LogP contribution >= 0.6 is 0 Å². The van der Waals surface area contributed by atoms with Crippen LogP contribution in [0.3, 0.4) is 0 Å². The average molecular weight is 210 g/mol. The van der Waals surface area contributed by atoms with Gasteiger partial charge in [-0.25, -0.2) is 4.98 Å². The Morgan fingerprint density at radius 1 is 1.67 bits per heavy atom. The van der Waals surface area contributed by atoms with Crippen molar-refractivity contribution >= 4 is 5.91 Å². The Morgan fingerprint density at radius 3 is 3.00 bits per heavy atom. The summed E-state index contributed by atoms with van der Waals surface area (Å²) in [6.07, 6.45) is 1.42. The van der Waals surface area contributed by atoms with Gasteiger partial charge in [0, 0.05) is 12.7 Å². The van der Waals surface area contributed by atoms with E-state index in [1.54, 1.807) is 0 Å². The Labute approximate surface area is 87.8 Å². The number of carbonyl (C=O) groups is 1. The third-order valence-corrected chi connectivity index (χ3v) is 1.97. The fourth-order valence-electron chi connectivity index (χ4n) is 1.01. The standard InChI is InChI=1S/C10H14N2O3/c1-2-7(13)6-12-10(15)9-8(14)4-3-5-11-9/h3-5,7,13-14H,2,6H2,1H3,(H,12,15). The van der Waals surface area contributed by atoms with E-state index in [0.717, 1.165) is 0 Å². The maximum absolute atomic E-state index is 11.4. The number of rotatable bonds is 4. The second-order valence-electron chi connectivity index (χ2n) is 3.14. The first-order valence-electron chi connectivity index (χ1n) is 4.75. The van der Waals surface area contributed by atoms with Crippen LogP contribution in [-0.4, -0.2) is 33.8 Å². The molecule has 3 N–H and O–H groups in total. The summed E-state index contributed by atoms with van der Waals surface area (Å²) in [6, 6.07) is 2.92. The topological polar surface area (TPSA) is 82.5 Å². The second-order valence-corrected chi connectivity index (χ2v) is 3.14. The maximum Gasteiger partial charge on any atom is 0.273 e. The first-order valence-corrected chi connectivity index (χ1v) is 4.75. The summed E-state index contributed by atoms with van der Waals surface area (Å²) in [6.45, 7) is 1.97. The zero-order chi connectivity index (χ0) is 11.3. The molecule has 0 aromatic carbocycles. The molecule has 1 unspecified atom stereocenters. The lowest BCUT2D eigenvalue weighted by Crippen LogP contribution is -2.32. The molecule has 1 amide bonds. The van der Waals surface area contributed by atoms with E-state index in [0.29, 0.717) is 6.42 Å². The Hall–Kier alpha value is -1.62. The van der Waals surface area contributed by atoms with Crippen molar-refractivity contribution in [1.82, 2.24) is 10.3 Å². The molecule has 0 saturated heterocycles. The van der Waals surface area contributed by atoms with Crippen molar-refractivity contribution in [3.63, 3.8) is 0 Å². The number of carbonyl (C=O) groups excluding carboxylic acids is 1. The molecule has 0 bridgehead atoms. The minimum Gasteiger partial charge on any atom is -0.505 e. The third-order valence-electron chi connectivity index (χ3n) is 1.97. The van der Waals surface area contributed by atoms with Crippen molar-refractivity contribution in [3.05, 3.63) is 24.0 Å². The van der Waals surface area contributed by atoms with E-state index in [4.69, 9.17) is 0 Å². The number of aliphatic hydroxyl groups is 1. The highest BCUT2D eigenvalue weighted by atomic mass is 16.3. The van der Waals surface area contributed by atoms with Crippen LogP contribution in [0.2, 0.25) is 0 Å². The van der Waals surface area contributed by atoms with Gasteiger partial charge in [0.25, 0.3) is 5.91 Å². The molecule has 82 valence electrons. The van der Waals surface area contributed by atoms with Crippen molar-refractivity contribution in [1.29, 1.82) is 0 Å². The van der Waals surface area contributed by atoms with Crippen LogP contribution in [0.15, 0.2) is 18.3 Å². The van der Waals surface area contributed by atoms with Crippen molar-refractivity contribution < 1.29 is 15.0 Å². The Morgan fingerprint density at radius 2 is 2.40 bits per heavy atom. The van der Waals surface area contributed by atoms with E-state index >= 15 is 0 Å². The van der Waals surface area contributed by atoms with Crippen LogP contribution in [0.5, 0.6) is 5.75 Å². The van der Waals surface area contributed by atoms with Gasteiger partial charge in [-0.2, -0.15) is 0 Å². The monoisotopic (exact) mass is 210 g/mol. The van der Waals surface area contributed by atoms with Gasteiger partial charge in [0.15, 0.2) is 5.69 Å². The van der Waals surface area contributed by atoms with Gasteiger partial charge in [-0.15, -0.1) is 0 Å². The molecule has 1 rings (SSSR count). The zero-order valence-electron chi connectivity index (χ0n) is 8.47. The summed E-state index contributed by atoms with van der Waals surface area (Å²) >= 11 is 0. The number of amides is 1. The predicted octanol–water partition coefficient (Wildman–Crippen LogP) is 0.288. The Balaban J connectivity index is 2.58. The summed E-state index contributed by atoms with van der Waals surface area (Å²) in [5.41, 5.74) is -0.0270. The van der Waals surface area contributed by atoms with Gasteiger partial charge in [-0.1, -0.05) is 6.92 Å². The number of nitrogens with one attached hydrogen (secondary N) is 1. The summed E-state index contributed by atoms with van der Waals surface area (Å²) in [4.78, 5) is 15.2. The number of pyridine rings is 1. The molecule has 0 radical (unpaired) electrons. The zero-order valence-corrected chi connectivity index (χ0v) is 8.47. The van der Waals surface area contributed by atoms with Crippen molar-refractivity contribution in [3.8, 4) is 5.75 Å². The maximum atomic E-state index is 11.4. The average Bonchev–Trinajstić information content (AvgIpc) is 2.26. The van der Waals surface area contributed by atoms with Gasteiger partial charge in [-0.3, -0.25) is 4.79 Å². The molecule has 0 aliphatic carbocycles. The number of aromatic hydroxyl groups is 1.